The molecule has 11 aromatic rings. The van der Waals surface area contributed by atoms with Crippen molar-refractivity contribution in [1.82, 2.24) is 15.0 Å². The highest BCUT2D eigenvalue weighted by atomic mass is 32.1. The van der Waals surface area contributed by atoms with E-state index >= 15 is 0 Å². The summed E-state index contributed by atoms with van der Waals surface area (Å²) >= 11 is 1.88. The number of hydrogen-bond acceptors (Lipinski definition) is 4. The van der Waals surface area contributed by atoms with Crippen LogP contribution in [-0.4, -0.2) is 15.0 Å². The number of fused-ring (bicyclic) bond motifs is 12. The molecule has 51 heavy (non-hydrogen) atoms. The van der Waals surface area contributed by atoms with E-state index in [9.17, 15) is 0 Å². The molecule has 0 N–H and O–H groups in total. The van der Waals surface area contributed by atoms with Gasteiger partial charge in [-0.15, -0.1) is 11.3 Å². The zero-order valence-electron chi connectivity index (χ0n) is 27.3. The molecule has 0 aliphatic rings. The summed E-state index contributed by atoms with van der Waals surface area (Å²) in [7, 11) is 0. The molecular formula is C47H27N3S. The molecule has 0 bridgehead atoms. The summed E-state index contributed by atoms with van der Waals surface area (Å²) < 4.78 is 2.63. The van der Waals surface area contributed by atoms with Crippen LogP contribution in [0.25, 0.3) is 108 Å². The van der Waals surface area contributed by atoms with E-state index in [0.717, 1.165) is 32.8 Å². The summed E-state index contributed by atoms with van der Waals surface area (Å²) in [6.45, 7) is 0. The average molecular weight is 666 g/mol. The predicted octanol–water partition coefficient (Wildman–Crippen LogP) is 13.0. The van der Waals surface area contributed by atoms with Crippen LogP contribution in [0.2, 0.25) is 0 Å². The number of thiophene rings is 1. The lowest BCUT2D eigenvalue weighted by Gasteiger charge is -2.14. The first-order chi connectivity index (χ1) is 25.3. The molecule has 0 saturated carbocycles. The van der Waals surface area contributed by atoms with Crippen LogP contribution in [0.5, 0.6) is 0 Å². The van der Waals surface area contributed by atoms with Crippen LogP contribution in [0, 0.1) is 0 Å². The fraction of sp³-hybridized carbons (Fsp3) is 0. The van der Waals surface area contributed by atoms with Crippen molar-refractivity contribution >= 4 is 85.4 Å². The lowest BCUT2D eigenvalue weighted by Crippen LogP contribution is -2.01. The van der Waals surface area contributed by atoms with Gasteiger partial charge in [0.15, 0.2) is 17.5 Å². The molecule has 0 fully saturated rings. The minimum absolute atomic E-state index is 0.656. The van der Waals surface area contributed by atoms with Gasteiger partial charge in [0, 0.05) is 36.9 Å². The standard InChI is InChI=1S/C47H27N3S/c1-2-13-29(14-3-1)45-48-46(39-26-30-15-5-6-16-32(30)34-18-8-9-19-35(34)39)50-47(49-45)40-27-31-23-25-41-43(42(31)37-21-11-10-20-36(37)40)38-24-22-28-12-4-7-17-33(28)44(38)51-41/h1-27H. The zero-order valence-corrected chi connectivity index (χ0v) is 28.2. The molecule has 0 spiro atoms. The quantitative estimate of drug-likeness (QED) is 0.176. The van der Waals surface area contributed by atoms with Crippen molar-refractivity contribution in [2.24, 2.45) is 0 Å². The normalized spacial score (nSPS) is 11.9. The van der Waals surface area contributed by atoms with Gasteiger partial charge in [-0.05, 0) is 72.1 Å². The second kappa shape index (κ2) is 11.0. The number of aromatic nitrogens is 3. The van der Waals surface area contributed by atoms with E-state index in [-0.39, 0.29) is 0 Å². The second-order valence-corrected chi connectivity index (χ2v) is 14.2. The second-order valence-electron chi connectivity index (χ2n) is 13.1. The van der Waals surface area contributed by atoms with Gasteiger partial charge in [0.25, 0.3) is 0 Å². The van der Waals surface area contributed by atoms with Crippen molar-refractivity contribution in [3.8, 4) is 34.2 Å². The summed E-state index contributed by atoms with van der Waals surface area (Å²) in [6, 6.07) is 58.4. The number of nitrogens with zero attached hydrogens (tertiary/aromatic N) is 3. The minimum Gasteiger partial charge on any atom is -0.208 e. The Hall–Kier alpha value is -6.49. The Kier molecular flexibility index (Phi) is 6.12. The maximum Gasteiger partial charge on any atom is 0.164 e. The number of hydrogen-bond donors (Lipinski definition) is 0. The zero-order chi connectivity index (χ0) is 33.5. The third-order valence-corrected chi connectivity index (χ3v) is 11.5. The van der Waals surface area contributed by atoms with E-state index in [4.69, 9.17) is 15.0 Å². The van der Waals surface area contributed by atoms with Crippen molar-refractivity contribution < 1.29 is 0 Å². The van der Waals surface area contributed by atoms with E-state index in [1.807, 2.05) is 29.5 Å². The summed E-state index contributed by atoms with van der Waals surface area (Å²) in [5.41, 5.74) is 2.94. The van der Waals surface area contributed by atoms with Crippen LogP contribution in [0.1, 0.15) is 0 Å². The monoisotopic (exact) mass is 665 g/mol. The number of rotatable bonds is 3. The highest BCUT2D eigenvalue weighted by molar-refractivity contribution is 7.27. The largest absolute Gasteiger partial charge is 0.208 e. The first-order valence-corrected chi connectivity index (χ1v) is 18.0. The summed E-state index contributed by atoms with van der Waals surface area (Å²) in [5.74, 6) is 1.98. The van der Waals surface area contributed by atoms with E-state index in [0.29, 0.717) is 17.5 Å². The van der Waals surface area contributed by atoms with Gasteiger partial charge < -0.3 is 0 Å². The molecule has 0 atom stereocenters. The molecule has 2 aromatic heterocycles. The predicted molar refractivity (Wildman–Crippen MR) is 217 cm³/mol. The lowest BCUT2D eigenvalue weighted by atomic mass is 9.93. The highest BCUT2D eigenvalue weighted by Gasteiger charge is 2.20. The summed E-state index contributed by atoms with van der Waals surface area (Å²) in [4.78, 5) is 15.7. The van der Waals surface area contributed by atoms with Crippen LogP contribution < -0.4 is 0 Å². The van der Waals surface area contributed by atoms with Gasteiger partial charge in [0.05, 0.1) is 0 Å². The van der Waals surface area contributed by atoms with Gasteiger partial charge in [0.1, 0.15) is 0 Å². The molecule has 11 rings (SSSR count). The van der Waals surface area contributed by atoms with Crippen molar-refractivity contribution in [1.29, 1.82) is 0 Å². The Morgan fingerprint density at radius 3 is 1.65 bits per heavy atom. The summed E-state index contributed by atoms with van der Waals surface area (Å²) in [5, 5.41) is 14.6. The molecule has 0 unspecified atom stereocenters. The van der Waals surface area contributed by atoms with Crippen LogP contribution in [-0.2, 0) is 0 Å². The van der Waals surface area contributed by atoms with Gasteiger partial charge in [-0.3, -0.25) is 0 Å². The van der Waals surface area contributed by atoms with Crippen LogP contribution in [0.15, 0.2) is 164 Å². The van der Waals surface area contributed by atoms with Crippen molar-refractivity contribution in [3.63, 3.8) is 0 Å². The Morgan fingerprint density at radius 2 is 0.882 bits per heavy atom. The van der Waals surface area contributed by atoms with Crippen LogP contribution in [0.3, 0.4) is 0 Å². The van der Waals surface area contributed by atoms with E-state index in [2.05, 4.69) is 146 Å². The minimum atomic E-state index is 0.656. The third kappa shape index (κ3) is 4.33. The van der Waals surface area contributed by atoms with Gasteiger partial charge in [0.2, 0.25) is 0 Å². The fourth-order valence-corrected chi connectivity index (χ4v) is 9.20. The lowest BCUT2D eigenvalue weighted by molar-refractivity contribution is 1.08. The van der Waals surface area contributed by atoms with E-state index in [1.54, 1.807) is 0 Å². The molecular weight excluding hydrogens is 639 g/mol. The first kappa shape index (κ1) is 28.4. The fourth-order valence-electron chi connectivity index (χ4n) is 7.95. The molecule has 0 aliphatic heterocycles. The Balaban J connectivity index is 1.22. The average Bonchev–Trinajstić information content (AvgIpc) is 3.60. The van der Waals surface area contributed by atoms with Gasteiger partial charge in [-0.2, -0.15) is 0 Å². The third-order valence-electron chi connectivity index (χ3n) is 10.3. The molecule has 0 saturated heterocycles. The van der Waals surface area contributed by atoms with Crippen molar-refractivity contribution in [2.75, 3.05) is 0 Å². The maximum atomic E-state index is 5.33. The van der Waals surface area contributed by atoms with Crippen molar-refractivity contribution in [3.05, 3.63) is 164 Å². The molecule has 236 valence electrons. The molecule has 0 aliphatic carbocycles. The smallest absolute Gasteiger partial charge is 0.164 e. The van der Waals surface area contributed by atoms with E-state index in [1.165, 1.54) is 57.9 Å². The Bertz CT molecular complexity index is 3200. The topological polar surface area (TPSA) is 38.7 Å². The Labute approximate surface area is 297 Å². The SMILES string of the molecule is c1ccc(-c2nc(-c3cc4ccccc4c4ccccc34)nc(-c3cc4ccc5sc6c7ccccc7ccc6c5c4c4ccccc34)n2)cc1. The molecule has 3 nitrogen and oxygen atoms in total. The first-order valence-electron chi connectivity index (χ1n) is 17.2. The number of benzene rings is 9. The molecule has 0 amide bonds. The van der Waals surface area contributed by atoms with Gasteiger partial charge in [-0.1, -0.05) is 146 Å². The molecule has 2 heterocycles. The van der Waals surface area contributed by atoms with E-state index < -0.39 is 0 Å². The molecule has 4 heteroatoms. The molecule has 0 radical (unpaired) electrons. The highest BCUT2D eigenvalue weighted by Crippen LogP contribution is 2.45. The van der Waals surface area contributed by atoms with Crippen molar-refractivity contribution in [2.45, 2.75) is 0 Å². The Morgan fingerprint density at radius 1 is 0.333 bits per heavy atom. The maximum absolute atomic E-state index is 5.33. The molecule has 9 aromatic carbocycles. The van der Waals surface area contributed by atoms with Gasteiger partial charge >= 0.3 is 0 Å². The van der Waals surface area contributed by atoms with Crippen LogP contribution >= 0.6 is 11.3 Å². The van der Waals surface area contributed by atoms with Gasteiger partial charge in [-0.25, -0.2) is 15.0 Å². The summed E-state index contributed by atoms with van der Waals surface area (Å²) in [6.07, 6.45) is 0. The van der Waals surface area contributed by atoms with Crippen LogP contribution in [0.4, 0.5) is 0 Å².